The fraction of sp³-hybridized carbons (Fsp3) is 0.0833. The van der Waals surface area contributed by atoms with Crippen molar-refractivity contribution in [2.24, 2.45) is 0 Å². The van der Waals surface area contributed by atoms with E-state index in [0.29, 0.717) is 27.0 Å². The van der Waals surface area contributed by atoms with Gasteiger partial charge in [0.05, 0.1) is 7.11 Å². The SMILES string of the molecule is COc1ccc(C(O)(Nc2ccc(Cl)cc2)Nc2ccc(Cl)cc2)c2ccccc12. The van der Waals surface area contributed by atoms with Gasteiger partial charge in [0.25, 0.3) is 0 Å². The third-order valence-electron chi connectivity index (χ3n) is 4.83. The molecule has 4 rings (SSSR count). The molecule has 0 fully saturated rings. The van der Waals surface area contributed by atoms with Gasteiger partial charge >= 0.3 is 0 Å². The molecule has 0 amide bonds. The molecule has 3 N–H and O–H groups in total. The van der Waals surface area contributed by atoms with Crippen molar-refractivity contribution < 1.29 is 9.84 Å². The Morgan fingerprint density at radius 3 is 1.70 bits per heavy atom. The van der Waals surface area contributed by atoms with Gasteiger partial charge in [-0.05, 0) is 66.0 Å². The molecule has 30 heavy (non-hydrogen) atoms. The minimum atomic E-state index is -1.63. The number of rotatable bonds is 6. The second-order valence-electron chi connectivity index (χ2n) is 6.84. The van der Waals surface area contributed by atoms with Gasteiger partial charge in [0, 0.05) is 32.4 Å². The molecule has 0 saturated heterocycles. The molecular weight excluding hydrogens is 419 g/mol. The number of fused-ring (bicyclic) bond motifs is 1. The zero-order chi connectivity index (χ0) is 21.1. The summed E-state index contributed by atoms with van der Waals surface area (Å²) in [7, 11) is 1.63. The van der Waals surface area contributed by atoms with Crippen molar-refractivity contribution in [2.75, 3.05) is 17.7 Å². The number of anilines is 2. The summed E-state index contributed by atoms with van der Waals surface area (Å²) in [6, 6.07) is 25.7. The van der Waals surface area contributed by atoms with Gasteiger partial charge in [0.2, 0.25) is 5.85 Å². The Bertz CT molecular complexity index is 1110. The lowest BCUT2D eigenvalue weighted by atomic mass is 9.99. The smallest absolute Gasteiger partial charge is 0.242 e. The molecule has 0 aliphatic rings. The number of methoxy groups -OCH3 is 1. The number of hydrogen-bond acceptors (Lipinski definition) is 4. The summed E-state index contributed by atoms with van der Waals surface area (Å²) in [4.78, 5) is 0. The first kappa shape index (κ1) is 20.4. The molecule has 0 saturated carbocycles. The highest BCUT2D eigenvalue weighted by atomic mass is 35.5. The lowest BCUT2D eigenvalue weighted by Gasteiger charge is -2.33. The highest BCUT2D eigenvalue weighted by Crippen LogP contribution is 2.36. The van der Waals surface area contributed by atoms with Crippen LogP contribution in [0.3, 0.4) is 0 Å². The van der Waals surface area contributed by atoms with Crippen LogP contribution in [0.5, 0.6) is 5.75 Å². The Hall–Kier alpha value is -2.92. The van der Waals surface area contributed by atoms with Crippen molar-refractivity contribution in [1.82, 2.24) is 0 Å². The molecule has 0 unspecified atom stereocenters. The molecule has 0 radical (unpaired) electrons. The van der Waals surface area contributed by atoms with E-state index in [1.54, 1.807) is 31.4 Å². The lowest BCUT2D eigenvalue weighted by Crippen LogP contribution is -2.43. The molecule has 6 heteroatoms. The average Bonchev–Trinajstić information content (AvgIpc) is 2.76. The van der Waals surface area contributed by atoms with E-state index >= 15 is 0 Å². The first-order valence-corrected chi connectivity index (χ1v) is 10.1. The first-order chi connectivity index (χ1) is 14.5. The van der Waals surface area contributed by atoms with Crippen LogP contribution >= 0.6 is 23.2 Å². The standard InChI is InChI=1S/C24H20Cl2N2O2/c1-30-23-15-14-22(20-4-2-3-5-21(20)23)24(29,27-18-10-6-16(25)7-11-18)28-19-12-8-17(26)9-13-19/h2-15,27-29H,1H3. The number of benzene rings is 4. The van der Waals surface area contributed by atoms with Gasteiger partial charge in [0.15, 0.2) is 0 Å². The van der Waals surface area contributed by atoms with Crippen molar-refractivity contribution in [3.63, 3.8) is 0 Å². The van der Waals surface area contributed by atoms with E-state index in [4.69, 9.17) is 27.9 Å². The number of ether oxygens (including phenoxy) is 1. The second kappa shape index (κ2) is 8.44. The van der Waals surface area contributed by atoms with Crippen molar-refractivity contribution >= 4 is 45.3 Å². The van der Waals surface area contributed by atoms with Gasteiger partial charge in [-0.3, -0.25) is 0 Å². The number of halogens is 2. The minimum absolute atomic E-state index is 0.615. The van der Waals surface area contributed by atoms with Crippen LogP contribution in [0.4, 0.5) is 11.4 Å². The average molecular weight is 439 g/mol. The van der Waals surface area contributed by atoms with Crippen LogP contribution in [0.1, 0.15) is 5.56 Å². The van der Waals surface area contributed by atoms with E-state index in [0.717, 1.165) is 16.5 Å². The number of aliphatic hydroxyl groups is 1. The maximum atomic E-state index is 11.9. The largest absolute Gasteiger partial charge is 0.496 e. The van der Waals surface area contributed by atoms with E-state index in [1.807, 2.05) is 60.7 Å². The van der Waals surface area contributed by atoms with Gasteiger partial charge in [-0.25, -0.2) is 0 Å². The molecule has 4 nitrogen and oxygen atoms in total. The summed E-state index contributed by atoms with van der Waals surface area (Å²) < 4.78 is 5.51. The maximum Gasteiger partial charge on any atom is 0.242 e. The quantitative estimate of drug-likeness (QED) is 0.301. The third kappa shape index (κ3) is 4.17. The summed E-state index contributed by atoms with van der Waals surface area (Å²) in [5, 5.41) is 21.2. The highest BCUT2D eigenvalue weighted by molar-refractivity contribution is 6.30. The van der Waals surface area contributed by atoms with Crippen molar-refractivity contribution in [2.45, 2.75) is 5.85 Å². The predicted molar refractivity (Wildman–Crippen MR) is 125 cm³/mol. The molecule has 0 spiro atoms. The van der Waals surface area contributed by atoms with Crippen molar-refractivity contribution in [1.29, 1.82) is 0 Å². The number of hydrogen-bond donors (Lipinski definition) is 3. The van der Waals surface area contributed by atoms with Crippen LogP contribution in [-0.4, -0.2) is 12.2 Å². The van der Waals surface area contributed by atoms with Crippen LogP contribution < -0.4 is 15.4 Å². The normalized spacial score (nSPS) is 11.3. The summed E-state index contributed by atoms with van der Waals surface area (Å²) in [5.74, 6) is -0.900. The predicted octanol–water partition coefficient (Wildman–Crippen LogP) is 6.48. The second-order valence-corrected chi connectivity index (χ2v) is 7.71. The number of nitrogens with one attached hydrogen (secondary N) is 2. The van der Waals surface area contributed by atoms with E-state index in [2.05, 4.69) is 10.6 Å². The van der Waals surface area contributed by atoms with Gasteiger partial charge in [-0.1, -0.05) is 47.5 Å². The van der Waals surface area contributed by atoms with Crippen LogP contribution in [0.15, 0.2) is 84.9 Å². The molecule has 0 atom stereocenters. The highest BCUT2D eigenvalue weighted by Gasteiger charge is 2.32. The Morgan fingerprint density at radius 1 is 0.700 bits per heavy atom. The summed E-state index contributed by atoms with van der Waals surface area (Å²) in [6.45, 7) is 0. The van der Waals surface area contributed by atoms with Crippen LogP contribution in [0.25, 0.3) is 10.8 Å². The van der Waals surface area contributed by atoms with Gasteiger partial charge in [-0.15, -0.1) is 0 Å². The summed E-state index contributed by atoms with van der Waals surface area (Å²) in [5.41, 5.74) is 2.04. The summed E-state index contributed by atoms with van der Waals surface area (Å²) >= 11 is 12.0. The van der Waals surface area contributed by atoms with E-state index in [9.17, 15) is 5.11 Å². The maximum absolute atomic E-state index is 11.9. The Kier molecular flexibility index (Phi) is 5.73. The fourth-order valence-corrected chi connectivity index (χ4v) is 3.67. The first-order valence-electron chi connectivity index (χ1n) is 9.34. The van der Waals surface area contributed by atoms with Gasteiger partial charge < -0.3 is 20.5 Å². The Morgan fingerprint density at radius 2 is 1.20 bits per heavy atom. The summed E-state index contributed by atoms with van der Waals surface area (Å²) in [6.07, 6.45) is 0. The molecular formula is C24H20Cl2N2O2. The monoisotopic (exact) mass is 438 g/mol. The molecule has 0 bridgehead atoms. The van der Waals surface area contributed by atoms with Crippen LogP contribution in [-0.2, 0) is 5.85 Å². The molecule has 4 aromatic carbocycles. The lowest BCUT2D eigenvalue weighted by molar-refractivity contribution is 0.100. The topological polar surface area (TPSA) is 53.5 Å². The van der Waals surface area contributed by atoms with Crippen molar-refractivity contribution in [3.8, 4) is 5.75 Å². The Labute approximate surface area is 185 Å². The third-order valence-corrected chi connectivity index (χ3v) is 5.34. The zero-order valence-corrected chi connectivity index (χ0v) is 17.7. The van der Waals surface area contributed by atoms with E-state index < -0.39 is 5.85 Å². The molecule has 4 aromatic rings. The molecule has 0 aromatic heterocycles. The van der Waals surface area contributed by atoms with Gasteiger partial charge in [0.1, 0.15) is 5.75 Å². The molecule has 152 valence electrons. The minimum Gasteiger partial charge on any atom is -0.496 e. The van der Waals surface area contributed by atoms with Crippen LogP contribution in [0, 0.1) is 0 Å². The molecule has 0 aliphatic carbocycles. The Balaban J connectivity index is 1.85. The molecule has 0 aliphatic heterocycles. The van der Waals surface area contributed by atoms with Crippen molar-refractivity contribution in [3.05, 3.63) is 101 Å². The van der Waals surface area contributed by atoms with E-state index in [-0.39, 0.29) is 0 Å². The van der Waals surface area contributed by atoms with E-state index in [1.165, 1.54) is 0 Å². The zero-order valence-electron chi connectivity index (χ0n) is 16.2. The fourth-order valence-electron chi connectivity index (χ4n) is 3.42. The molecule has 0 heterocycles. The van der Waals surface area contributed by atoms with Crippen LogP contribution in [0.2, 0.25) is 10.0 Å². The van der Waals surface area contributed by atoms with Gasteiger partial charge in [-0.2, -0.15) is 0 Å².